The fourth-order valence-electron chi connectivity index (χ4n) is 2.98. The highest BCUT2D eigenvalue weighted by atomic mass is 16.5. The van der Waals surface area contributed by atoms with Crippen LogP contribution in [0.4, 0.5) is 0 Å². The lowest BCUT2D eigenvalue weighted by Crippen LogP contribution is -2.48. The Bertz CT molecular complexity index is 257. The molecule has 1 spiro atoms. The third-order valence-electron chi connectivity index (χ3n) is 3.81. The van der Waals surface area contributed by atoms with Crippen LogP contribution in [0.1, 0.15) is 19.3 Å². The summed E-state index contributed by atoms with van der Waals surface area (Å²) in [6.45, 7) is 3.76. The molecule has 0 bridgehead atoms. The van der Waals surface area contributed by atoms with Crippen molar-refractivity contribution < 1.29 is 9.53 Å². The topological polar surface area (TPSA) is 32.8 Å². The molecule has 0 amide bonds. The molecule has 2 fully saturated rings. The largest absolute Gasteiger partial charge is 0.468 e. The highest BCUT2D eigenvalue weighted by molar-refractivity contribution is 5.71. The van der Waals surface area contributed by atoms with Crippen molar-refractivity contribution in [1.82, 2.24) is 9.80 Å². The predicted molar refractivity (Wildman–Crippen MR) is 57.7 cm³/mol. The number of hydrogen-bond acceptors (Lipinski definition) is 4. The van der Waals surface area contributed by atoms with E-state index in [1.807, 2.05) is 0 Å². The molecular weight excluding hydrogens is 192 g/mol. The zero-order chi connectivity index (χ0) is 10.9. The molecule has 0 aliphatic carbocycles. The van der Waals surface area contributed by atoms with E-state index in [1.54, 1.807) is 0 Å². The molecule has 0 saturated carbocycles. The van der Waals surface area contributed by atoms with Gasteiger partial charge in [0.15, 0.2) is 0 Å². The second-order valence-electron chi connectivity index (χ2n) is 4.81. The maximum Gasteiger partial charge on any atom is 0.319 e. The minimum Gasteiger partial charge on any atom is -0.468 e. The summed E-state index contributed by atoms with van der Waals surface area (Å²) in [6.07, 6.45) is 3.64. The first-order valence-electron chi connectivity index (χ1n) is 5.67. The molecule has 2 aliphatic rings. The summed E-state index contributed by atoms with van der Waals surface area (Å²) in [7, 11) is 3.62. The SMILES string of the molecule is COC(=O)CN1CCCC12CCN(C)C2. The van der Waals surface area contributed by atoms with Gasteiger partial charge in [0, 0.05) is 12.1 Å². The number of carbonyl (C=O) groups is 1. The highest BCUT2D eigenvalue weighted by Gasteiger charge is 2.45. The molecule has 0 aromatic heterocycles. The molecule has 15 heavy (non-hydrogen) atoms. The number of carbonyl (C=O) groups excluding carboxylic acids is 1. The van der Waals surface area contributed by atoms with Crippen LogP contribution in [-0.2, 0) is 9.53 Å². The van der Waals surface area contributed by atoms with Crippen LogP contribution in [-0.4, -0.2) is 61.6 Å². The van der Waals surface area contributed by atoms with Gasteiger partial charge in [0.25, 0.3) is 0 Å². The minimum absolute atomic E-state index is 0.106. The zero-order valence-corrected chi connectivity index (χ0v) is 9.66. The minimum atomic E-state index is -0.106. The summed E-state index contributed by atoms with van der Waals surface area (Å²) in [5.74, 6) is -0.106. The lowest BCUT2D eigenvalue weighted by Gasteiger charge is -2.34. The van der Waals surface area contributed by atoms with Crippen LogP contribution in [0.5, 0.6) is 0 Å². The number of likely N-dealkylation sites (tertiary alicyclic amines) is 2. The van der Waals surface area contributed by atoms with E-state index < -0.39 is 0 Å². The Morgan fingerprint density at radius 2 is 2.20 bits per heavy atom. The molecule has 2 heterocycles. The highest BCUT2D eigenvalue weighted by Crippen LogP contribution is 2.36. The van der Waals surface area contributed by atoms with Gasteiger partial charge in [-0.15, -0.1) is 0 Å². The molecule has 0 aromatic carbocycles. The van der Waals surface area contributed by atoms with E-state index in [2.05, 4.69) is 16.8 Å². The maximum atomic E-state index is 11.3. The Morgan fingerprint density at radius 1 is 1.40 bits per heavy atom. The molecule has 0 aromatic rings. The average Bonchev–Trinajstić information content (AvgIpc) is 2.76. The van der Waals surface area contributed by atoms with Crippen LogP contribution in [0, 0.1) is 0 Å². The number of likely N-dealkylation sites (N-methyl/N-ethyl adjacent to an activating group) is 1. The number of ether oxygens (including phenoxy) is 1. The van der Waals surface area contributed by atoms with Crippen LogP contribution >= 0.6 is 0 Å². The van der Waals surface area contributed by atoms with E-state index in [-0.39, 0.29) is 11.5 Å². The second kappa shape index (κ2) is 4.10. The van der Waals surface area contributed by atoms with Gasteiger partial charge in [-0.3, -0.25) is 9.69 Å². The van der Waals surface area contributed by atoms with Gasteiger partial charge in [-0.05, 0) is 39.4 Å². The van der Waals surface area contributed by atoms with Gasteiger partial charge in [0.1, 0.15) is 0 Å². The Balaban J connectivity index is 2.01. The zero-order valence-electron chi connectivity index (χ0n) is 9.66. The summed E-state index contributed by atoms with van der Waals surface area (Å²) in [4.78, 5) is 16.0. The number of methoxy groups -OCH3 is 1. The average molecular weight is 212 g/mol. The molecule has 4 heteroatoms. The predicted octanol–water partition coefficient (Wildman–Crippen LogP) is 0.329. The smallest absolute Gasteiger partial charge is 0.319 e. The number of esters is 1. The fraction of sp³-hybridized carbons (Fsp3) is 0.909. The third kappa shape index (κ3) is 2.01. The fourth-order valence-corrected chi connectivity index (χ4v) is 2.98. The van der Waals surface area contributed by atoms with Crippen molar-refractivity contribution in [3.8, 4) is 0 Å². The molecule has 86 valence electrons. The van der Waals surface area contributed by atoms with Crippen molar-refractivity contribution in [3.63, 3.8) is 0 Å². The van der Waals surface area contributed by atoms with Gasteiger partial charge in [-0.1, -0.05) is 0 Å². The Labute approximate surface area is 91.2 Å². The van der Waals surface area contributed by atoms with Gasteiger partial charge in [-0.25, -0.2) is 0 Å². The lowest BCUT2D eigenvalue weighted by molar-refractivity contribution is -0.143. The van der Waals surface area contributed by atoms with Crippen molar-refractivity contribution in [1.29, 1.82) is 0 Å². The summed E-state index contributed by atoms with van der Waals surface area (Å²) >= 11 is 0. The molecule has 0 radical (unpaired) electrons. The van der Waals surface area contributed by atoms with Gasteiger partial charge in [0.05, 0.1) is 13.7 Å². The molecule has 2 saturated heterocycles. The number of hydrogen-bond donors (Lipinski definition) is 0. The van der Waals surface area contributed by atoms with E-state index in [4.69, 9.17) is 4.74 Å². The van der Waals surface area contributed by atoms with Crippen LogP contribution in [0.25, 0.3) is 0 Å². The summed E-state index contributed by atoms with van der Waals surface area (Å²) < 4.78 is 4.75. The quantitative estimate of drug-likeness (QED) is 0.618. The van der Waals surface area contributed by atoms with Crippen molar-refractivity contribution in [2.24, 2.45) is 0 Å². The molecule has 0 N–H and O–H groups in total. The molecular formula is C11H20N2O2. The first-order valence-corrected chi connectivity index (χ1v) is 5.67. The van der Waals surface area contributed by atoms with Crippen LogP contribution in [0.2, 0.25) is 0 Å². The van der Waals surface area contributed by atoms with Crippen molar-refractivity contribution in [2.45, 2.75) is 24.8 Å². The Kier molecular flexibility index (Phi) is 2.98. The Hall–Kier alpha value is -0.610. The van der Waals surface area contributed by atoms with E-state index in [9.17, 15) is 4.79 Å². The van der Waals surface area contributed by atoms with E-state index in [0.29, 0.717) is 6.54 Å². The molecule has 4 nitrogen and oxygen atoms in total. The number of rotatable bonds is 2. The van der Waals surface area contributed by atoms with Crippen molar-refractivity contribution in [3.05, 3.63) is 0 Å². The van der Waals surface area contributed by atoms with E-state index in [1.165, 1.54) is 26.4 Å². The summed E-state index contributed by atoms with van der Waals surface area (Å²) in [5, 5.41) is 0. The summed E-state index contributed by atoms with van der Waals surface area (Å²) in [6, 6.07) is 0. The standard InChI is InChI=1S/C11H20N2O2/c1-12-7-5-11(9-12)4-3-6-13(11)8-10(14)15-2/h3-9H2,1-2H3. The monoisotopic (exact) mass is 212 g/mol. The van der Waals surface area contributed by atoms with Crippen LogP contribution in [0.3, 0.4) is 0 Å². The van der Waals surface area contributed by atoms with Crippen LogP contribution in [0.15, 0.2) is 0 Å². The van der Waals surface area contributed by atoms with Crippen LogP contribution < -0.4 is 0 Å². The molecule has 2 rings (SSSR count). The van der Waals surface area contributed by atoms with Crippen molar-refractivity contribution >= 4 is 5.97 Å². The molecule has 1 atom stereocenters. The first kappa shape index (κ1) is 10.9. The normalized spacial score (nSPS) is 32.7. The van der Waals surface area contributed by atoms with Gasteiger partial charge >= 0.3 is 5.97 Å². The van der Waals surface area contributed by atoms with E-state index in [0.717, 1.165) is 19.6 Å². The second-order valence-corrected chi connectivity index (χ2v) is 4.81. The maximum absolute atomic E-state index is 11.3. The third-order valence-corrected chi connectivity index (χ3v) is 3.81. The molecule has 2 aliphatic heterocycles. The molecule has 1 unspecified atom stereocenters. The van der Waals surface area contributed by atoms with E-state index >= 15 is 0 Å². The lowest BCUT2D eigenvalue weighted by atomic mass is 9.95. The van der Waals surface area contributed by atoms with Gasteiger partial charge in [0.2, 0.25) is 0 Å². The number of nitrogens with zero attached hydrogens (tertiary/aromatic N) is 2. The first-order chi connectivity index (χ1) is 7.16. The van der Waals surface area contributed by atoms with Crippen molar-refractivity contribution in [2.75, 3.05) is 40.3 Å². The summed E-state index contributed by atoms with van der Waals surface area (Å²) in [5.41, 5.74) is 0.267. The van der Waals surface area contributed by atoms with Gasteiger partial charge in [-0.2, -0.15) is 0 Å². The van der Waals surface area contributed by atoms with Gasteiger partial charge < -0.3 is 9.64 Å². The Morgan fingerprint density at radius 3 is 2.80 bits per heavy atom.